The molecule has 2 fully saturated rings. The summed E-state index contributed by atoms with van der Waals surface area (Å²) in [5.74, 6) is 1.79. The minimum atomic E-state index is -0.0423. The van der Waals surface area contributed by atoms with Crippen LogP contribution in [0.5, 0.6) is 5.75 Å². The first-order chi connectivity index (χ1) is 11.1. The molecule has 3 rings (SSSR count). The summed E-state index contributed by atoms with van der Waals surface area (Å²) in [5.41, 5.74) is 7.73. The number of hydrazine groups is 1. The van der Waals surface area contributed by atoms with Gasteiger partial charge in [0.2, 0.25) is 0 Å². The van der Waals surface area contributed by atoms with Crippen molar-refractivity contribution in [3.8, 4) is 5.75 Å². The molecule has 1 heterocycles. The zero-order valence-corrected chi connectivity index (χ0v) is 14.0. The van der Waals surface area contributed by atoms with Gasteiger partial charge >= 0.3 is 0 Å². The van der Waals surface area contributed by atoms with Crippen LogP contribution in [0.1, 0.15) is 44.6 Å². The maximum absolute atomic E-state index is 12.2. The van der Waals surface area contributed by atoms with E-state index in [0.717, 1.165) is 18.7 Å². The topological polar surface area (TPSA) is 62.4 Å². The lowest BCUT2D eigenvalue weighted by Crippen LogP contribution is -2.53. The fraction of sp³-hybridized carbons (Fsp3) is 0.611. The molecular formula is C18H27N3O2. The number of carbonyl (C=O) groups excluding carboxylic acids is 1. The van der Waals surface area contributed by atoms with Crippen LogP contribution in [0.4, 0.5) is 0 Å². The number of hydrogen-bond donors (Lipinski definition) is 3. The number of ether oxygens (including phenoxy) is 1. The van der Waals surface area contributed by atoms with Crippen molar-refractivity contribution in [2.45, 2.75) is 51.1 Å². The molecule has 0 radical (unpaired) electrons. The van der Waals surface area contributed by atoms with Crippen molar-refractivity contribution >= 4 is 5.91 Å². The molecule has 5 nitrogen and oxygen atoms in total. The summed E-state index contributed by atoms with van der Waals surface area (Å²) in [5, 5.41) is 3.13. The van der Waals surface area contributed by atoms with Crippen LogP contribution in [-0.2, 0) is 4.79 Å². The Hall–Kier alpha value is -1.59. The van der Waals surface area contributed by atoms with E-state index >= 15 is 0 Å². The molecule has 126 valence electrons. The van der Waals surface area contributed by atoms with E-state index in [2.05, 4.69) is 36.1 Å². The Balaban J connectivity index is 1.50. The second-order valence-electron chi connectivity index (χ2n) is 6.93. The molecule has 1 aromatic rings. The van der Waals surface area contributed by atoms with Gasteiger partial charge in [-0.1, -0.05) is 32.4 Å². The lowest BCUT2D eigenvalue weighted by molar-refractivity contribution is -0.124. The largest absolute Gasteiger partial charge is 0.484 e. The van der Waals surface area contributed by atoms with Gasteiger partial charge in [-0.15, -0.1) is 0 Å². The molecule has 3 unspecified atom stereocenters. The molecule has 3 N–H and O–H groups in total. The van der Waals surface area contributed by atoms with E-state index in [0.29, 0.717) is 17.9 Å². The third kappa shape index (κ3) is 4.03. The molecule has 0 spiro atoms. The number of nitrogens with one attached hydrogen (secondary N) is 3. The zero-order valence-electron chi connectivity index (χ0n) is 14.0. The van der Waals surface area contributed by atoms with Crippen molar-refractivity contribution in [1.29, 1.82) is 0 Å². The van der Waals surface area contributed by atoms with E-state index in [-0.39, 0.29) is 18.6 Å². The summed E-state index contributed by atoms with van der Waals surface area (Å²) in [4.78, 5) is 12.2. The van der Waals surface area contributed by atoms with Gasteiger partial charge in [-0.3, -0.25) is 15.6 Å². The molecule has 1 amide bonds. The third-order valence-electron chi connectivity index (χ3n) is 4.91. The second kappa shape index (κ2) is 7.32. The Bertz CT molecular complexity index is 547. The first-order valence-corrected chi connectivity index (χ1v) is 8.64. The van der Waals surface area contributed by atoms with Gasteiger partial charge in [0.05, 0.1) is 0 Å². The van der Waals surface area contributed by atoms with Gasteiger partial charge in [0, 0.05) is 18.6 Å². The molecular weight excluding hydrogens is 290 g/mol. The summed E-state index contributed by atoms with van der Waals surface area (Å²) in [6.07, 6.45) is 3.44. The SMILES string of the molecule is CC(C)c1cccc(OCC(=O)NC2CCCC3CNNC32)c1. The summed E-state index contributed by atoms with van der Waals surface area (Å²) < 4.78 is 5.66. The van der Waals surface area contributed by atoms with Crippen LogP contribution in [0.3, 0.4) is 0 Å². The Morgan fingerprint density at radius 3 is 3.09 bits per heavy atom. The molecule has 5 heteroatoms. The van der Waals surface area contributed by atoms with Gasteiger partial charge in [0.15, 0.2) is 6.61 Å². The highest BCUT2D eigenvalue weighted by atomic mass is 16.5. The zero-order chi connectivity index (χ0) is 16.2. The fourth-order valence-electron chi connectivity index (χ4n) is 3.57. The monoisotopic (exact) mass is 317 g/mol. The average Bonchev–Trinajstić information content (AvgIpc) is 3.03. The van der Waals surface area contributed by atoms with Crippen molar-refractivity contribution in [3.05, 3.63) is 29.8 Å². The number of rotatable bonds is 5. The molecule has 2 aliphatic rings. The average molecular weight is 317 g/mol. The van der Waals surface area contributed by atoms with Crippen LogP contribution in [-0.4, -0.2) is 31.1 Å². The lowest BCUT2D eigenvalue weighted by atomic mass is 9.82. The molecule has 1 aromatic carbocycles. The van der Waals surface area contributed by atoms with Crippen LogP contribution in [0.2, 0.25) is 0 Å². The van der Waals surface area contributed by atoms with Crippen molar-refractivity contribution < 1.29 is 9.53 Å². The highest BCUT2D eigenvalue weighted by Crippen LogP contribution is 2.26. The molecule has 0 bridgehead atoms. The summed E-state index contributed by atoms with van der Waals surface area (Å²) in [6.45, 7) is 5.36. The standard InChI is InChI=1S/C18H27N3O2/c1-12(2)13-5-3-7-15(9-13)23-11-17(22)20-16-8-4-6-14-10-19-21-18(14)16/h3,5,7,9,12,14,16,18-19,21H,4,6,8,10-11H2,1-2H3,(H,20,22). The van der Waals surface area contributed by atoms with E-state index in [1.807, 2.05) is 18.2 Å². The normalized spacial score (nSPS) is 26.8. The van der Waals surface area contributed by atoms with Crippen LogP contribution in [0.25, 0.3) is 0 Å². The fourth-order valence-corrected chi connectivity index (χ4v) is 3.57. The molecule has 23 heavy (non-hydrogen) atoms. The quantitative estimate of drug-likeness (QED) is 0.777. The summed E-state index contributed by atoms with van der Waals surface area (Å²) >= 11 is 0. The Morgan fingerprint density at radius 1 is 1.39 bits per heavy atom. The van der Waals surface area contributed by atoms with Gasteiger partial charge in [-0.25, -0.2) is 0 Å². The highest BCUT2D eigenvalue weighted by Gasteiger charge is 2.37. The second-order valence-corrected chi connectivity index (χ2v) is 6.93. The van der Waals surface area contributed by atoms with E-state index in [1.54, 1.807) is 0 Å². The van der Waals surface area contributed by atoms with Gasteiger partial charge < -0.3 is 10.1 Å². The Labute approximate surface area is 138 Å². The molecule has 1 aliphatic carbocycles. The van der Waals surface area contributed by atoms with Crippen LogP contribution < -0.4 is 20.9 Å². The van der Waals surface area contributed by atoms with Crippen molar-refractivity contribution in [3.63, 3.8) is 0 Å². The van der Waals surface area contributed by atoms with Crippen molar-refractivity contribution in [1.82, 2.24) is 16.2 Å². The Kier molecular flexibility index (Phi) is 5.18. The van der Waals surface area contributed by atoms with E-state index < -0.39 is 0 Å². The molecule has 0 aromatic heterocycles. The van der Waals surface area contributed by atoms with Crippen LogP contribution >= 0.6 is 0 Å². The van der Waals surface area contributed by atoms with E-state index in [4.69, 9.17) is 4.74 Å². The molecule has 1 aliphatic heterocycles. The van der Waals surface area contributed by atoms with E-state index in [9.17, 15) is 4.79 Å². The van der Waals surface area contributed by atoms with Gasteiger partial charge in [-0.05, 0) is 42.4 Å². The van der Waals surface area contributed by atoms with Crippen LogP contribution in [0.15, 0.2) is 24.3 Å². The minimum absolute atomic E-state index is 0.0423. The number of carbonyl (C=O) groups is 1. The Morgan fingerprint density at radius 2 is 2.26 bits per heavy atom. The molecule has 1 saturated heterocycles. The van der Waals surface area contributed by atoms with Gasteiger partial charge in [0.1, 0.15) is 5.75 Å². The maximum Gasteiger partial charge on any atom is 0.258 e. The number of benzene rings is 1. The minimum Gasteiger partial charge on any atom is -0.484 e. The smallest absolute Gasteiger partial charge is 0.258 e. The van der Waals surface area contributed by atoms with Crippen molar-refractivity contribution in [2.75, 3.05) is 13.2 Å². The lowest BCUT2D eigenvalue weighted by Gasteiger charge is -2.33. The first-order valence-electron chi connectivity index (χ1n) is 8.64. The van der Waals surface area contributed by atoms with Crippen molar-refractivity contribution in [2.24, 2.45) is 5.92 Å². The van der Waals surface area contributed by atoms with Gasteiger partial charge in [0.25, 0.3) is 5.91 Å². The summed E-state index contributed by atoms with van der Waals surface area (Å²) in [6, 6.07) is 8.51. The number of hydrogen-bond acceptors (Lipinski definition) is 4. The third-order valence-corrected chi connectivity index (χ3v) is 4.91. The predicted molar refractivity (Wildman–Crippen MR) is 90.2 cm³/mol. The summed E-state index contributed by atoms with van der Waals surface area (Å²) in [7, 11) is 0. The predicted octanol–water partition coefficient (Wildman–Crippen LogP) is 1.95. The maximum atomic E-state index is 12.2. The van der Waals surface area contributed by atoms with E-state index in [1.165, 1.54) is 18.4 Å². The number of amides is 1. The first kappa shape index (κ1) is 16.3. The molecule has 3 atom stereocenters. The molecule has 1 saturated carbocycles. The van der Waals surface area contributed by atoms with Gasteiger partial charge in [-0.2, -0.15) is 0 Å². The number of fused-ring (bicyclic) bond motifs is 1. The van der Waals surface area contributed by atoms with Crippen LogP contribution in [0, 0.1) is 5.92 Å². The highest BCUT2D eigenvalue weighted by molar-refractivity contribution is 5.78.